The Bertz CT molecular complexity index is 716. The molecule has 0 fully saturated rings. The van der Waals surface area contributed by atoms with Crippen molar-refractivity contribution in [3.63, 3.8) is 0 Å². The van der Waals surface area contributed by atoms with Gasteiger partial charge in [0.15, 0.2) is 9.84 Å². The predicted molar refractivity (Wildman–Crippen MR) is 73.2 cm³/mol. The van der Waals surface area contributed by atoms with E-state index in [2.05, 4.69) is 0 Å². The van der Waals surface area contributed by atoms with Crippen molar-refractivity contribution < 1.29 is 12.8 Å². The molecule has 0 spiro atoms. The van der Waals surface area contributed by atoms with Gasteiger partial charge in [-0.15, -0.1) is 0 Å². The lowest BCUT2D eigenvalue weighted by Gasteiger charge is -2.06. The van der Waals surface area contributed by atoms with Crippen LogP contribution in [0.25, 0.3) is 0 Å². The number of nitrogen functional groups attached to an aromatic ring is 1. The lowest BCUT2D eigenvalue weighted by Crippen LogP contribution is -2.06. The molecule has 0 amide bonds. The van der Waals surface area contributed by atoms with E-state index in [4.69, 9.17) is 17.3 Å². The maximum Gasteiger partial charge on any atom is 0.182 e. The standard InChI is InChI=1S/C13H11ClFNO2S/c14-10-2-1-3-12(6-10)19(17,18)8-9-4-5-11(16)7-13(9)15/h1-7H,8,16H2. The summed E-state index contributed by atoms with van der Waals surface area (Å²) in [6.07, 6.45) is 0. The predicted octanol–water partition coefficient (Wildman–Crippen LogP) is 3.04. The van der Waals surface area contributed by atoms with Crippen molar-refractivity contribution in [1.29, 1.82) is 0 Å². The fraction of sp³-hybridized carbons (Fsp3) is 0.0769. The van der Waals surface area contributed by atoms with E-state index in [1.54, 1.807) is 6.07 Å². The first-order valence-corrected chi connectivity index (χ1v) is 7.44. The molecular weight excluding hydrogens is 289 g/mol. The molecule has 0 aromatic heterocycles. The Hall–Kier alpha value is -1.59. The maximum absolute atomic E-state index is 13.6. The summed E-state index contributed by atoms with van der Waals surface area (Å²) in [5.41, 5.74) is 5.74. The Morgan fingerprint density at radius 3 is 2.53 bits per heavy atom. The van der Waals surface area contributed by atoms with Crippen molar-refractivity contribution in [2.75, 3.05) is 5.73 Å². The van der Waals surface area contributed by atoms with Gasteiger partial charge in [-0.1, -0.05) is 23.7 Å². The minimum Gasteiger partial charge on any atom is -0.399 e. The van der Waals surface area contributed by atoms with E-state index >= 15 is 0 Å². The highest BCUT2D eigenvalue weighted by Gasteiger charge is 2.18. The first-order valence-electron chi connectivity index (χ1n) is 5.41. The second-order valence-electron chi connectivity index (χ2n) is 4.07. The zero-order chi connectivity index (χ0) is 14.0. The fourth-order valence-corrected chi connectivity index (χ4v) is 3.29. The summed E-state index contributed by atoms with van der Waals surface area (Å²) in [6, 6.07) is 9.81. The highest BCUT2D eigenvalue weighted by Crippen LogP contribution is 2.22. The highest BCUT2D eigenvalue weighted by atomic mass is 35.5. The first kappa shape index (κ1) is 13.8. The van der Waals surface area contributed by atoms with Crippen LogP contribution in [-0.2, 0) is 15.6 Å². The van der Waals surface area contributed by atoms with Gasteiger partial charge in [-0.05, 0) is 30.3 Å². The van der Waals surface area contributed by atoms with Gasteiger partial charge < -0.3 is 5.73 Å². The highest BCUT2D eigenvalue weighted by molar-refractivity contribution is 7.90. The second kappa shape index (κ2) is 5.19. The molecule has 0 heterocycles. The van der Waals surface area contributed by atoms with Crippen molar-refractivity contribution in [1.82, 2.24) is 0 Å². The van der Waals surface area contributed by atoms with Crippen LogP contribution < -0.4 is 5.73 Å². The molecule has 0 radical (unpaired) electrons. The average molecular weight is 300 g/mol. The van der Waals surface area contributed by atoms with Crippen molar-refractivity contribution in [3.05, 3.63) is 58.9 Å². The van der Waals surface area contributed by atoms with Gasteiger partial charge in [-0.2, -0.15) is 0 Å². The summed E-state index contributed by atoms with van der Waals surface area (Å²) in [5, 5.41) is 0.318. The second-order valence-corrected chi connectivity index (χ2v) is 6.49. The zero-order valence-electron chi connectivity index (χ0n) is 9.81. The summed E-state index contributed by atoms with van der Waals surface area (Å²) >= 11 is 5.75. The van der Waals surface area contributed by atoms with Crippen LogP contribution in [0.4, 0.5) is 10.1 Å². The van der Waals surface area contributed by atoms with E-state index < -0.39 is 21.4 Å². The van der Waals surface area contributed by atoms with Crippen LogP contribution in [0, 0.1) is 5.82 Å². The lowest BCUT2D eigenvalue weighted by molar-refractivity contribution is 0.587. The normalized spacial score (nSPS) is 11.5. The van der Waals surface area contributed by atoms with Crippen LogP contribution in [0.1, 0.15) is 5.56 Å². The Kier molecular flexibility index (Phi) is 3.78. The van der Waals surface area contributed by atoms with Crippen molar-refractivity contribution in [2.24, 2.45) is 0 Å². The SMILES string of the molecule is Nc1ccc(CS(=O)(=O)c2cccc(Cl)c2)c(F)c1. The number of anilines is 1. The third-order valence-electron chi connectivity index (χ3n) is 2.58. The molecule has 19 heavy (non-hydrogen) atoms. The molecule has 2 aromatic rings. The zero-order valence-corrected chi connectivity index (χ0v) is 11.4. The van der Waals surface area contributed by atoms with E-state index in [1.165, 1.54) is 30.3 Å². The lowest BCUT2D eigenvalue weighted by atomic mass is 10.2. The van der Waals surface area contributed by atoms with Crippen molar-refractivity contribution in [2.45, 2.75) is 10.6 Å². The first-order chi connectivity index (χ1) is 8.88. The molecule has 6 heteroatoms. The number of hydrogen-bond donors (Lipinski definition) is 1. The third-order valence-corrected chi connectivity index (χ3v) is 4.48. The number of hydrogen-bond acceptors (Lipinski definition) is 3. The van der Waals surface area contributed by atoms with Gasteiger partial charge in [-0.25, -0.2) is 12.8 Å². The van der Waals surface area contributed by atoms with Crippen LogP contribution in [0.2, 0.25) is 5.02 Å². The molecule has 0 unspecified atom stereocenters. The molecular formula is C13H11ClFNO2S. The number of benzene rings is 2. The van der Waals surface area contributed by atoms with E-state index in [1.807, 2.05) is 0 Å². The number of rotatable bonds is 3. The quantitative estimate of drug-likeness (QED) is 0.886. The molecule has 0 aliphatic rings. The molecule has 100 valence electrons. The summed E-state index contributed by atoms with van der Waals surface area (Å²) in [5.74, 6) is -1.06. The molecule has 0 atom stereocenters. The topological polar surface area (TPSA) is 60.2 Å². The van der Waals surface area contributed by atoms with Gasteiger partial charge in [0.25, 0.3) is 0 Å². The van der Waals surface area contributed by atoms with E-state index in [0.29, 0.717) is 5.02 Å². The molecule has 0 aliphatic carbocycles. The monoisotopic (exact) mass is 299 g/mol. The van der Waals surface area contributed by atoms with Crippen LogP contribution in [0.5, 0.6) is 0 Å². The maximum atomic E-state index is 13.6. The summed E-state index contributed by atoms with van der Waals surface area (Å²) in [6.45, 7) is 0. The van der Waals surface area contributed by atoms with Gasteiger partial charge in [0, 0.05) is 16.3 Å². The molecule has 3 nitrogen and oxygen atoms in total. The summed E-state index contributed by atoms with van der Waals surface area (Å²) in [7, 11) is -3.64. The molecule has 2 aromatic carbocycles. The number of nitrogens with two attached hydrogens (primary N) is 1. The van der Waals surface area contributed by atoms with Crippen molar-refractivity contribution >= 4 is 27.1 Å². The van der Waals surface area contributed by atoms with E-state index in [-0.39, 0.29) is 16.1 Å². The van der Waals surface area contributed by atoms with Gasteiger partial charge in [0.1, 0.15) is 5.82 Å². The van der Waals surface area contributed by atoms with Gasteiger partial charge in [0.05, 0.1) is 10.6 Å². The largest absolute Gasteiger partial charge is 0.399 e. The Labute approximate surface area is 115 Å². The Morgan fingerprint density at radius 1 is 1.16 bits per heavy atom. The summed E-state index contributed by atoms with van der Waals surface area (Å²) in [4.78, 5) is 0.0659. The Balaban J connectivity index is 2.36. The molecule has 0 saturated heterocycles. The average Bonchev–Trinajstić information content (AvgIpc) is 2.33. The fourth-order valence-electron chi connectivity index (χ4n) is 1.63. The number of halogens is 2. The van der Waals surface area contributed by atoms with Crippen LogP contribution >= 0.6 is 11.6 Å². The van der Waals surface area contributed by atoms with Crippen LogP contribution in [0.3, 0.4) is 0 Å². The smallest absolute Gasteiger partial charge is 0.182 e. The van der Waals surface area contributed by atoms with Crippen molar-refractivity contribution in [3.8, 4) is 0 Å². The molecule has 2 rings (SSSR count). The molecule has 0 aliphatic heterocycles. The van der Waals surface area contributed by atoms with Gasteiger partial charge >= 0.3 is 0 Å². The van der Waals surface area contributed by atoms with Crippen LogP contribution in [-0.4, -0.2) is 8.42 Å². The van der Waals surface area contributed by atoms with E-state index in [9.17, 15) is 12.8 Å². The van der Waals surface area contributed by atoms with Gasteiger partial charge in [-0.3, -0.25) is 0 Å². The molecule has 0 bridgehead atoms. The summed E-state index contributed by atoms with van der Waals surface area (Å²) < 4.78 is 37.9. The van der Waals surface area contributed by atoms with Crippen LogP contribution in [0.15, 0.2) is 47.4 Å². The minimum atomic E-state index is -3.64. The number of sulfone groups is 1. The molecule has 0 saturated carbocycles. The Morgan fingerprint density at radius 2 is 1.89 bits per heavy atom. The third kappa shape index (κ3) is 3.24. The minimum absolute atomic E-state index is 0.0659. The molecule has 2 N–H and O–H groups in total. The van der Waals surface area contributed by atoms with Gasteiger partial charge in [0.2, 0.25) is 0 Å². The van der Waals surface area contributed by atoms with E-state index in [0.717, 1.165) is 6.07 Å².